The third-order valence-corrected chi connectivity index (χ3v) is 4.18. The Morgan fingerprint density at radius 3 is 2.41 bits per heavy atom. The number of nitro benzene ring substituents is 2. The number of allylic oxidation sites excluding steroid dienone is 1. The number of nitrogens with one attached hydrogen (secondary N) is 1. The summed E-state index contributed by atoms with van der Waals surface area (Å²) in [5.74, 6) is 0.585. The Hall–Kier alpha value is -3.79. The molecule has 0 atom stereocenters. The Balaban J connectivity index is 1.95. The van der Waals surface area contributed by atoms with Crippen molar-refractivity contribution in [2.75, 3.05) is 5.43 Å². The van der Waals surface area contributed by atoms with Crippen molar-refractivity contribution >= 4 is 44.8 Å². The van der Waals surface area contributed by atoms with Crippen LogP contribution in [0, 0.1) is 20.2 Å². The van der Waals surface area contributed by atoms with Crippen LogP contribution in [-0.2, 0) is 0 Å². The largest absolute Gasteiger partial charge is 0.450 e. The van der Waals surface area contributed by atoms with E-state index in [1.807, 2.05) is 30.3 Å². The summed E-state index contributed by atoms with van der Waals surface area (Å²) >= 11 is 3.23. The van der Waals surface area contributed by atoms with Crippen molar-refractivity contribution in [3.63, 3.8) is 0 Å². The number of furan rings is 1. The Morgan fingerprint density at radius 1 is 1.03 bits per heavy atom. The lowest BCUT2D eigenvalue weighted by Gasteiger charge is -2.05. The molecule has 2 aromatic carbocycles. The zero-order chi connectivity index (χ0) is 20.8. The zero-order valence-corrected chi connectivity index (χ0v) is 16.3. The first-order chi connectivity index (χ1) is 13.9. The number of anilines is 1. The van der Waals surface area contributed by atoms with Gasteiger partial charge in [0.15, 0.2) is 4.67 Å². The minimum atomic E-state index is -0.705. The van der Waals surface area contributed by atoms with E-state index in [0.29, 0.717) is 16.1 Å². The maximum Gasteiger partial charge on any atom is 0.301 e. The van der Waals surface area contributed by atoms with Crippen LogP contribution in [0.25, 0.3) is 6.08 Å². The quantitative estimate of drug-likeness (QED) is 0.288. The number of benzene rings is 2. The van der Waals surface area contributed by atoms with Gasteiger partial charge in [-0.3, -0.25) is 25.7 Å². The molecule has 0 bridgehead atoms. The SMILES string of the molecule is O=[N+]([O-])c1ccc(NN=C(/C=C\c2ccc(Br)o2)c2ccccc2)c([N+](=O)[O-])c1. The van der Waals surface area contributed by atoms with Gasteiger partial charge in [0.25, 0.3) is 5.69 Å². The van der Waals surface area contributed by atoms with Crippen molar-refractivity contribution in [3.8, 4) is 0 Å². The topological polar surface area (TPSA) is 124 Å². The second-order valence-electron chi connectivity index (χ2n) is 5.67. The lowest BCUT2D eigenvalue weighted by Crippen LogP contribution is -2.03. The summed E-state index contributed by atoms with van der Waals surface area (Å²) in [6.07, 6.45) is 3.38. The Morgan fingerprint density at radius 2 is 1.79 bits per heavy atom. The van der Waals surface area contributed by atoms with Gasteiger partial charge in [-0.25, -0.2) is 0 Å². The molecule has 146 valence electrons. The van der Waals surface area contributed by atoms with Gasteiger partial charge in [-0.2, -0.15) is 5.10 Å². The normalized spacial score (nSPS) is 11.6. The molecule has 0 saturated heterocycles. The van der Waals surface area contributed by atoms with E-state index in [4.69, 9.17) is 4.42 Å². The lowest BCUT2D eigenvalue weighted by atomic mass is 10.1. The first kappa shape index (κ1) is 20.0. The smallest absolute Gasteiger partial charge is 0.301 e. The molecule has 9 nitrogen and oxygen atoms in total. The first-order valence-electron chi connectivity index (χ1n) is 8.19. The van der Waals surface area contributed by atoms with Crippen molar-refractivity contribution in [1.82, 2.24) is 0 Å². The average molecular weight is 457 g/mol. The minimum Gasteiger partial charge on any atom is -0.450 e. The van der Waals surface area contributed by atoms with Crippen molar-refractivity contribution in [2.24, 2.45) is 5.10 Å². The highest BCUT2D eigenvalue weighted by atomic mass is 79.9. The summed E-state index contributed by atoms with van der Waals surface area (Å²) in [7, 11) is 0. The third kappa shape index (κ3) is 5.14. The Labute approximate surface area is 172 Å². The molecule has 0 aliphatic carbocycles. The molecule has 0 unspecified atom stereocenters. The van der Waals surface area contributed by atoms with E-state index in [2.05, 4.69) is 26.5 Å². The predicted octanol–water partition coefficient (Wildman–Crippen LogP) is 5.39. The fraction of sp³-hybridized carbons (Fsp3) is 0. The molecule has 0 saturated carbocycles. The van der Waals surface area contributed by atoms with Crippen LogP contribution in [0.15, 0.2) is 80.9 Å². The van der Waals surface area contributed by atoms with Gasteiger partial charge in [0.05, 0.1) is 21.6 Å². The number of non-ortho nitro benzene ring substituents is 1. The van der Waals surface area contributed by atoms with Crippen molar-refractivity contribution in [2.45, 2.75) is 0 Å². The summed E-state index contributed by atoms with van der Waals surface area (Å²) in [4.78, 5) is 20.8. The summed E-state index contributed by atoms with van der Waals surface area (Å²) in [6, 6.07) is 16.0. The monoisotopic (exact) mass is 456 g/mol. The van der Waals surface area contributed by atoms with Gasteiger partial charge in [-0.05, 0) is 46.3 Å². The highest BCUT2D eigenvalue weighted by molar-refractivity contribution is 9.10. The molecule has 3 rings (SSSR count). The fourth-order valence-electron chi connectivity index (χ4n) is 2.39. The minimum absolute atomic E-state index is 0.0307. The number of hydrazone groups is 1. The van der Waals surface area contributed by atoms with E-state index in [0.717, 1.165) is 11.6 Å². The Bertz CT molecular complexity index is 1110. The van der Waals surface area contributed by atoms with Crippen LogP contribution in [0.4, 0.5) is 17.1 Å². The van der Waals surface area contributed by atoms with Gasteiger partial charge < -0.3 is 4.42 Å². The molecule has 0 fully saturated rings. The standard InChI is InChI=1S/C19H13BrN4O5/c20-19-11-8-15(29-19)7-10-16(13-4-2-1-3-5-13)21-22-17-9-6-14(23(25)26)12-18(17)24(27)28/h1-12,22H/b10-7-,21-16?. The highest BCUT2D eigenvalue weighted by Crippen LogP contribution is 2.29. The van der Waals surface area contributed by atoms with Crippen LogP contribution in [-0.4, -0.2) is 15.6 Å². The molecule has 0 radical (unpaired) electrons. The molecule has 29 heavy (non-hydrogen) atoms. The van der Waals surface area contributed by atoms with E-state index in [1.54, 1.807) is 24.3 Å². The molecule has 1 aromatic heterocycles. The molecule has 0 aliphatic rings. The van der Waals surface area contributed by atoms with Gasteiger partial charge in [0, 0.05) is 11.6 Å². The maximum atomic E-state index is 11.3. The molecular formula is C19H13BrN4O5. The number of rotatable bonds is 7. The number of hydrogen-bond acceptors (Lipinski definition) is 7. The van der Waals surface area contributed by atoms with E-state index in [1.165, 1.54) is 12.1 Å². The van der Waals surface area contributed by atoms with Gasteiger partial charge in [-0.1, -0.05) is 30.3 Å². The van der Waals surface area contributed by atoms with Gasteiger partial charge in [-0.15, -0.1) is 0 Å². The average Bonchev–Trinajstić information content (AvgIpc) is 3.13. The molecule has 0 amide bonds. The van der Waals surface area contributed by atoms with E-state index in [9.17, 15) is 20.2 Å². The van der Waals surface area contributed by atoms with E-state index >= 15 is 0 Å². The number of hydrogen-bond donors (Lipinski definition) is 1. The fourth-order valence-corrected chi connectivity index (χ4v) is 2.70. The molecule has 3 aromatic rings. The predicted molar refractivity (Wildman–Crippen MR) is 112 cm³/mol. The lowest BCUT2D eigenvalue weighted by molar-refractivity contribution is -0.393. The number of nitrogens with zero attached hydrogens (tertiary/aromatic N) is 3. The van der Waals surface area contributed by atoms with Crippen LogP contribution >= 0.6 is 15.9 Å². The van der Waals surface area contributed by atoms with Crippen LogP contribution in [0.5, 0.6) is 0 Å². The molecule has 1 N–H and O–H groups in total. The van der Waals surface area contributed by atoms with Gasteiger partial charge in [0.1, 0.15) is 11.4 Å². The van der Waals surface area contributed by atoms with Crippen LogP contribution < -0.4 is 5.43 Å². The number of halogens is 1. The summed E-state index contributed by atoms with van der Waals surface area (Å²) < 4.78 is 6.00. The van der Waals surface area contributed by atoms with Crippen LogP contribution in [0.3, 0.4) is 0 Å². The van der Waals surface area contributed by atoms with Gasteiger partial charge in [0.2, 0.25) is 0 Å². The molecule has 0 spiro atoms. The van der Waals surface area contributed by atoms with Crippen molar-refractivity contribution in [1.29, 1.82) is 0 Å². The van der Waals surface area contributed by atoms with Crippen molar-refractivity contribution < 1.29 is 14.3 Å². The first-order valence-corrected chi connectivity index (χ1v) is 8.99. The molecule has 0 aliphatic heterocycles. The number of nitro groups is 2. The second-order valence-corrected chi connectivity index (χ2v) is 6.45. The van der Waals surface area contributed by atoms with Crippen LogP contribution in [0.2, 0.25) is 0 Å². The van der Waals surface area contributed by atoms with E-state index in [-0.39, 0.29) is 11.4 Å². The summed E-state index contributed by atoms with van der Waals surface area (Å²) in [5.41, 5.74) is 3.07. The molecule has 10 heteroatoms. The molecular weight excluding hydrogens is 444 g/mol. The van der Waals surface area contributed by atoms with Crippen LogP contribution in [0.1, 0.15) is 11.3 Å². The summed E-state index contributed by atoms with van der Waals surface area (Å²) in [6.45, 7) is 0. The van der Waals surface area contributed by atoms with Crippen molar-refractivity contribution in [3.05, 3.63) is 103 Å². The summed E-state index contributed by atoms with van der Waals surface area (Å²) in [5, 5.41) is 26.4. The second kappa shape index (κ2) is 8.93. The third-order valence-electron chi connectivity index (χ3n) is 3.75. The molecule has 1 heterocycles. The van der Waals surface area contributed by atoms with E-state index < -0.39 is 15.5 Å². The zero-order valence-electron chi connectivity index (χ0n) is 14.7. The van der Waals surface area contributed by atoms with Gasteiger partial charge >= 0.3 is 5.69 Å². The highest BCUT2D eigenvalue weighted by Gasteiger charge is 2.19. The Kier molecular flexibility index (Phi) is 6.15. The maximum absolute atomic E-state index is 11.3.